The van der Waals surface area contributed by atoms with Crippen LogP contribution in [0, 0.1) is 11.8 Å². The quantitative estimate of drug-likeness (QED) is 0.672. The molecule has 1 aromatic carbocycles. The predicted octanol–water partition coefficient (Wildman–Crippen LogP) is 3.90. The SMILES string of the molecule is COC(=O)c1cc(NC(=O)C(C)(CC(C)C)OC)ccc1OCC(C)C. The van der Waals surface area contributed by atoms with E-state index in [1.165, 1.54) is 14.2 Å². The molecule has 0 fully saturated rings. The first-order chi connectivity index (χ1) is 12.1. The van der Waals surface area contributed by atoms with Gasteiger partial charge in [0.25, 0.3) is 5.91 Å². The third kappa shape index (κ3) is 6.02. The van der Waals surface area contributed by atoms with Crippen molar-refractivity contribution in [1.82, 2.24) is 0 Å². The number of carbonyl (C=O) groups excluding carboxylic acids is 2. The minimum atomic E-state index is -0.952. The molecule has 1 atom stereocenters. The molecule has 6 heteroatoms. The summed E-state index contributed by atoms with van der Waals surface area (Å²) in [6, 6.07) is 4.92. The molecule has 1 rings (SSSR count). The second-order valence-corrected chi connectivity index (χ2v) is 7.39. The number of nitrogens with one attached hydrogen (secondary N) is 1. The maximum atomic E-state index is 12.7. The summed E-state index contributed by atoms with van der Waals surface area (Å²) in [4.78, 5) is 24.7. The second kappa shape index (κ2) is 9.57. The molecule has 0 aromatic heterocycles. The zero-order valence-corrected chi connectivity index (χ0v) is 16.8. The molecule has 0 saturated carbocycles. The highest BCUT2D eigenvalue weighted by molar-refractivity contribution is 5.99. The van der Waals surface area contributed by atoms with Gasteiger partial charge < -0.3 is 19.5 Å². The summed E-state index contributed by atoms with van der Waals surface area (Å²) >= 11 is 0. The third-order valence-corrected chi connectivity index (χ3v) is 3.94. The molecular weight excluding hydrogens is 334 g/mol. The lowest BCUT2D eigenvalue weighted by molar-refractivity contribution is -0.137. The number of rotatable bonds is 9. The van der Waals surface area contributed by atoms with Crippen molar-refractivity contribution in [2.45, 2.75) is 46.6 Å². The molecule has 0 saturated heterocycles. The largest absolute Gasteiger partial charge is 0.492 e. The molecule has 26 heavy (non-hydrogen) atoms. The van der Waals surface area contributed by atoms with E-state index in [9.17, 15) is 9.59 Å². The number of hydrogen-bond acceptors (Lipinski definition) is 5. The Morgan fingerprint density at radius 3 is 2.27 bits per heavy atom. The molecule has 146 valence electrons. The standard InChI is InChI=1S/C20H31NO5/c1-13(2)11-20(5,25-7)19(23)21-15-8-9-17(26-12-14(3)4)16(10-15)18(22)24-6/h8-10,13-14H,11-12H2,1-7H3,(H,21,23). The van der Waals surface area contributed by atoms with Gasteiger partial charge in [0.15, 0.2) is 0 Å². The van der Waals surface area contributed by atoms with Crippen LogP contribution >= 0.6 is 0 Å². The van der Waals surface area contributed by atoms with Crippen molar-refractivity contribution in [3.05, 3.63) is 23.8 Å². The van der Waals surface area contributed by atoms with Crippen LogP contribution in [0.25, 0.3) is 0 Å². The zero-order chi connectivity index (χ0) is 19.9. The fraction of sp³-hybridized carbons (Fsp3) is 0.600. The minimum absolute atomic E-state index is 0.264. The number of carbonyl (C=O) groups is 2. The molecule has 1 unspecified atom stereocenters. The van der Waals surface area contributed by atoms with Crippen LogP contribution in [0.2, 0.25) is 0 Å². The van der Waals surface area contributed by atoms with E-state index >= 15 is 0 Å². The van der Waals surface area contributed by atoms with E-state index in [1.54, 1.807) is 25.1 Å². The van der Waals surface area contributed by atoms with Crippen LogP contribution in [0.1, 0.15) is 51.4 Å². The maximum Gasteiger partial charge on any atom is 0.341 e. The second-order valence-electron chi connectivity index (χ2n) is 7.39. The Bertz CT molecular complexity index is 627. The molecule has 1 amide bonds. The zero-order valence-electron chi connectivity index (χ0n) is 16.8. The Kier molecular flexibility index (Phi) is 8.08. The Labute approximate surface area is 156 Å². The lowest BCUT2D eigenvalue weighted by Crippen LogP contribution is -2.43. The van der Waals surface area contributed by atoms with Gasteiger partial charge in [0.05, 0.1) is 13.7 Å². The fourth-order valence-corrected chi connectivity index (χ4v) is 2.57. The van der Waals surface area contributed by atoms with Gasteiger partial charge >= 0.3 is 5.97 Å². The highest BCUT2D eigenvalue weighted by Crippen LogP contribution is 2.27. The number of hydrogen-bond donors (Lipinski definition) is 1. The fourth-order valence-electron chi connectivity index (χ4n) is 2.57. The van der Waals surface area contributed by atoms with Crippen molar-refractivity contribution >= 4 is 17.6 Å². The van der Waals surface area contributed by atoms with E-state index in [1.807, 2.05) is 27.7 Å². The molecule has 1 aromatic rings. The normalized spacial score (nSPS) is 13.4. The molecule has 6 nitrogen and oxygen atoms in total. The van der Waals surface area contributed by atoms with E-state index < -0.39 is 11.6 Å². The molecule has 1 N–H and O–H groups in total. The lowest BCUT2D eigenvalue weighted by Gasteiger charge is -2.28. The first kappa shape index (κ1) is 22.0. The molecule has 0 spiro atoms. The van der Waals surface area contributed by atoms with E-state index in [2.05, 4.69) is 5.32 Å². The highest BCUT2D eigenvalue weighted by atomic mass is 16.5. The van der Waals surface area contributed by atoms with E-state index in [0.29, 0.717) is 36.3 Å². The summed E-state index contributed by atoms with van der Waals surface area (Å²) in [7, 11) is 2.83. The first-order valence-electron chi connectivity index (χ1n) is 8.84. The highest BCUT2D eigenvalue weighted by Gasteiger charge is 2.34. The summed E-state index contributed by atoms with van der Waals surface area (Å²) < 4.78 is 16.0. The van der Waals surface area contributed by atoms with Crippen LogP contribution in [-0.2, 0) is 14.3 Å². The summed E-state index contributed by atoms with van der Waals surface area (Å²) in [6.07, 6.45) is 0.578. The van der Waals surface area contributed by atoms with Gasteiger partial charge in [0.1, 0.15) is 16.9 Å². The molecule has 0 aliphatic heterocycles. The molecule has 0 radical (unpaired) electrons. The van der Waals surface area contributed by atoms with E-state index in [0.717, 1.165) is 0 Å². The van der Waals surface area contributed by atoms with Gasteiger partial charge in [0, 0.05) is 12.8 Å². The number of benzene rings is 1. The molecule has 0 aliphatic carbocycles. The van der Waals surface area contributed by atoms with Crippen LogP contribution in [0.4, 0.5) is 5.69 Å². The Morgan fingerprint density at radius 1 is 1.12 bits per heavy atom. The van der Waals surface area contributed by atoms with Gasteiger partial charge in [-0.2, -0.15) is 0 Å². The van der Waals surface area contributed by atoms with Crippen molar-refractivity contribution in [3.8, 4) is 5.75 Å². The van der Waals surface area contributed by atoms with Gasteiger partial charge in [-0.25, -0.2) is 4.79 Å². The van der Waals surface area contributed by atoms with Crippen LogP contribution in [-0.4, -0.2) is 38.3 Å². The van der Waals surface area contributed by atoms with E-state index in [4.69, 9.17) is 14.2 Å². The first-order valence-corrected chi connectivity index (χ1v) is 8.84. The van der Waals surface area contributed by atoms with Crippen molar-refractivity contribution < 1.29 is 23.8 Å². The Balaban J connectivity index is 3.06. The monoisotopic (exact) mass is 365 g/mol. The Hall–Kier alpha value is -2.08. The molecule has 0 bridgehead atoms. The maximum absolute atomic E-state index is 12.7. The van der Waals surface area contributed by atoms with Gasteiger partial charge in [-0.3, -0.25) is 4.79 Å². The van der Waals surface area contributed by atoms with Crippen LogP contribution in [0.3, 0.4) is 0 Å². The summed E-state index contributed by atoms with van der Waals surface area (Å²) in [5.41, 5.74) is -0.194. The van der Waals surface area contributed by atoms with Crippen LogP contribution < -0.4 is 10.1 Å². The number of amides is 1. The summed E-state index contributed by atoms with van der Waals surface area (Å²) in [5.74, 6) is 0.263. The minimum Gasteiger partial charge on any atom is -0.492 e. The van der Waals surface area contributed by atoms with E-state index in [-0.39, 0.29) is 11.5 Å². The average Bonchev–Trinajstić information content (AvgIpc) is 2.58. The number of ether oxygens (including phenoxy) is 3. The van der Waals surface area contributed by atoms with Gasteiger partial charge in [0.2, 0.25) is 0 Å². The number of esters is 1. The van der Waals surface area contributed by atoms with Crippen LogP contribution in [0.5, 0.6) is 5.75 Å². The van der Waals surface area contributed by atoms with Gasteiger partial charge in [-0.15, -0.1) is 0 Å². The summed E-state index contributed by atoms with van der Waals surface area (Å²) in [5, 5.41) is 2.82. The Morgan fingerprint density at radius 2 is 1.77 bits per heavy atom. The number of methoxy groups -OCH3 is 2. The molecule has 0 heterocycles. The van der Waals surface area contributed by atoms with Gasteiger partial charge in [-0.05, 0) is 43.4 Å². The van der Waals surface area contributed by atoms with Crippen molar-refractivity contribution in [3.63, 3.8) is 0 Å². The molecular formula is C20H31NO5. The van der Waals surface area contributed by atoms with Crippen molar-refractivity contribution in [2.24, 2.45) is 11.8 Å². The van der Waals surface area contributed by atoms with Gasteiger partial charge in [-0.1, -0.05) is 27.7 Å². The van der Waals surface area contributed by atoms with Crippen LogP contribution in [0.15, 0.2) is 18.2 Å². The van der Waals surface area contributed by atoms with Crippen molar-refractivity contribution in [2.75, 3.05) is 26.1 Å². The summed E-state index contributed by atoms with van der Waals surface area (Å²) in [6.45, 7) is 10.3. The smallest absolute Gasteiger partial charge is 0.341 e. The van der Waals surface area contributed by atoms with Crippen molar-refractivity contribution in [1.29, 1.82) is 0 Å². The molecule has 0 aliphatic rings. The lowest BCUT2D eigenvalue weighted by atomic mass is 9.93. The number of anilines is 1. The predicted molar refractivity (Wildman–Crippen MR) is 102 cm³/mol. The average molecular weight is 365 g/mol. The third-order valence-electron chi connectivity index (χ3n) is 3.94. The topological polar surface area (TPSA) is 73.9 Å².